The van der Waals surface area contributed by atoms with Crippen LogP contribution in [0.5, 0.6) is 5.75 Å². The molecule has 1 atom stereocenters. The van der Waals surface area contributed by atoms with Crippen LogP contribution in [0.25, 0.3) is 0 Å². The van der Waals surface area contributed by atoms with Crippen molar-refractivity contribution in [1.82, 2.24) is 10.2 Å². The maximum atomic E-state index is 5.68. The van der Waals surface area contributed by atoms with Crippen LogP contribution in [0, 0.1) is 0 Å². The van der Waals surface area contributed by atoms with Crippen molar-refractivity contribution in [2.45, 2.75) is 19.5 Å². The zero-order chi connectivity index (χ0) is 14.9. The highest BCUT2D eigenvalue weighted by Crippen LogP contribution is 2.17. The second-order valence-electron chi connectivity index (χ2n) is 5.40. The Hall–Kier alpha value is -1.36. The summed E-state index contributed by atoms with van der Waals surface area (Å²) in [6, 6.07) is 8.60. The highest BCUT2D eigenvalue weighted by molar-refractivity contribution is 5.33. The molecule has 1 heterocycles. The van der Waals surface area contributed by atoms with Crippen LogP contribution in [0.4, 0.5) is 0 Å². The van der Waals surface area contributed by atoms with Gasteiger partial charge in [0.25, 0.3) is 0 Å². The van der Waals surface area contributed by atoms with Crippen molar-refractivity contribution >= 4 is 0 Å². The Morgan fingerprint density at radius 1 is 1.38 bits per heavy atom. The molecule has 1 aliphatic rings. The van der Waals surface area contributed by atoms with E-state index in [-0.39, 0.29) is 0 Å². The quantitative estimate of drug-likeness (QED) is 0.743. The first-order valence-electron chi connectivity index (χ1n) is 7.64. The second-order valence-corrected chi connectivity index (χ2v) is 5.40. The van der Waals surface area contributed by atoms with E-state index in [2.05, 4.69) is 29.8 Å². The van der Waals surface area contributed by atoms with E-state index in [1.807, 2.05) is 18.2 Å². The van der Waals surface area contributed by atoms with Crippen LogP contribution in [0.2, 0.25) is 0 Å². The molecule has 116 valence electrons. The van der Waals surface area contributed by atoms with Crippen LogP contribution < -0.4 is 10.1 Å². The summed E-state index contributed by atoms with van der Waals surface area (Å²) in [6.07, 6.45) is 1.77. The number of morpholine rings is 1. The molecule has 1 aromatic rings. The van der Waals surface area contributed by atoms with Crippen molar-refractivity contribution in [1.29, 1.82) is 0 Å². The van der Waals surface area contributed by atoms with E-state index in [0.29, 0.717) is 12.6 Å². The molecule has 0 bridgehead atoms. The fourth-order valence-corrected chi connectivity index (χ4v) is 2.46. The van der Waals surface area contributed by atoms with E-state index in [0.717, 1.165) is 45.1 Å². The SMILES string of the molecule is C=CCOc1ccccc1CNC(C)CN1CCOCC1. The molecule has 1 N–H and O–H groups in total. The van der Waals surface area contributed by atoms with E-state index < -0.39 is 0 Å². The van der Waals surface area contributed by atoms with Gasteiger partial charge >= 0.3 is 0 Å². The first-order valence-corrected chi connectivity index (χ1v) is 7.64. The molecule has 1 aliphatic heterocycles. The highest BCUT2D eigenvalue weighted by Gasteiger charge is 2.13. The molecule has 0 spiro atoms. The van der Waals surface area contributed by atoms with Crippen LogP contribution in [0.1, 0.15) is 12.5 Å². The lowest BCUT2D eigenvalue weighted by Gasteiger charge is -2.29. The number of rotatable bonds is 8. The normalized spacial score (nSPS) is 17.4. The van der Waals surface area contributed by atoms with Gasteiger partial charge in [-0.3, -0.25) is 4.90 Å². The van der Waals surface area contributed by atoms with E-state index in [1.54, 1.807) is 6.08 Å². The number of hydrogen-bond acceptors (Lipinski definition) is 4. The molecular formula is C17H26N2O2. The van der Waals surface area contributed by atoms with Crippen LogP contribution in [0.15, 0.2) is 36.9 Å². The Labute approximate surface area is 127 Å². The van der Waals surface area contributed by atoms with E-state index in [1.165, 1.54) is 5.56 Å². The lowest BCUT2D eigenvalue weighted by Crippen LogP contribution is -2.44. The minimum absolute atomic E-state index is 0.440. The van der Waals surface area contributed by atoms with Gasteiger partial charge < -0.3 is 14.8 Å². The second kappa shape index (κ2) is 8.82. The van der Waals surface area contributed by atoms with Gasteiger partial charge in [0.15, 0.2) is 0 Å². The summed E-state index contributed by atoms with van der Waals surface area (Å²) >= 11 is 0. The van der Waals surface area contributed by atoms with Crippen LogP contribution in [-0.4, -0.2) is 50.4 Å². The van der Waals surface area contributed by atoms with Gasteiger partial charge in [0, 0.05) is 37.8 Å². The lowest BCUT2D eigenvalue weighted by atomic mass is 10.2. The molecule has 1 aromatic carbocycles. The molecule has 1 saturated heterocycles. The summed E-state index contributed by atoms with van der Waals surface area (Å²) in [5, 5.41) is 3.57. The first kappa shape index (κ1) is 16.0. The van der Waals surface area contributed by atoms with Gasteiger partial charge in [0.1, 0.15) is 12.4 Å². The molecule has 0 aromatic heterocycles. The number of benzene rings is 1. The van der Waals surface area contributed by atoms with Crippen molar-refractivity contribution in [3.63, 3.8) is 0 Å². The molecule has 21 heavy (non-hydrogen) atoms. The summed E-state index contributed by atoms with van der Waals surface area (Å²) in [5.74, 6) is 0.934. The molecule has 4 heteroatoms. The van der Waals surface area contributed by atoms with Crippen molar-refractivity contribution in [3.05, 3.63) is 42.5 Å². The maximum absolute atomic E-state index is 5.68. The minimum atomic E-state index is 0.440. The molecule has 4 nitrogen and oxygen atoms in total. The Balaban J connectivity index is 1.79. The van der Waals surface area contributed by atoms with E-state index in [9.17, 15) is 0 Å². The highest BCUT2D eigenvalue weighted by atomic mass is 16.5. The first-order chi connectivity index (χ1) is 10.3. The maximum Gasteiger partial charge on any atom is 0.124 e. The number of nitrogens with one attached hydrogen (secondary N) is 1. The van der Waals surface area contributed by atoms with Gasteiger partial charge in [0.2, 0.25) is 0 Å². The van der Waals surface area contributed by atoms with Crippen molar-refractivity contribution in [2.24, 2.45) is 0 Å². The third kappa shape index (κ3) is 5.50. The molecule has 1 unspecified atom stereocenters. The Kier molecular flexibility index (Phi) is 6.73. The molecule has 0 amide bonds. The van der Waals surface area contributed by atoms with Gasteiger partial charge in [-0.25, -0.2) is 0 Å². The van der Waals surface area contributed by atoms with Crippen molar-refractivity contribution < 1.29 is 9.47 Å². The Bertz CT molecular complexity index is 431. The smallest absolute Gasteiger partial charge is 0.124 e. The molecular weight excluding hydrogens is 264 g/mol. The van der Waals surface area contributed by atoms with Crippen LogP contribution in [0.3, 0.4) is 0 Å². The zero-order valence-electron chi connectivity index (χ0n) is 12.9. The monoisotopic (exact) mass is 290 g/mol. The summed E-state index contributed by atoms with van der Waals surface area (Å²) in [7, 11) is 0. The molecule has 0 saturated carbocycles. The standard InChI is InChI=1S/C17H26N2O2/c1-3-10-21-17-7-5-4-6-16(17)13-18-15(2)14-19-8-11-20-12-9-19/h3-7,15,18H,1,8-14H2,2H3. The van der Waals surface area contributed by atoms with Crippen molar-refractivity contribution in [3.8, 4) is 5.75 Å². The van der Waals surface area contributed by atoms with Gasteiger partial charge in [0.05, 0.1) is 13.2 Å². The largest absolute Gasteiger partial charge is 0.489 e. The van der Waals surface area contributed by atoms with Gasteiger partial charge in [-0.2, -0.15) is 0 Å². The minimum Gasteiger partial charge on any atom is -0.489 e. The predicted molar refractivity (Wildman–Crippen MR) is 85.7 cm³/mol. The average molecular weight is 290 g/mol. The summed E-state index contributed by atoms with van der Waals surface area (Å²) in [4.78, 5) is 2.45. The fourth-order valence-electron chi connectivity index (χ4n) is 2.46. The van der Waals surface area contributed by atoms with Gasteiger partial charge in [-0.1, -0.05) is 30.9 Å². The predicted octanol–water partition coefficient (Wildman–Crippen LogP) is 2.06. The fraction of sp³-hybridized carbons (Fsp3) is 0.529. The molecule has 2 rings (SSSR count). The topological polar surface area (TPSA) is 33.7 Å². The van der Waals surface area contributed by atoms with Gasteiger partial charge in [-0.15, -0.1) is 0 Å². The third-order valence-electron chi connectivity index (χ3n) is 3.61. The molecule has 0 aliphatic carbocycles. The van der Waals surface area contributed by atoms with E-state index in [4.69, 9.17) is 9.47 Å². The number of nitrogens with zero attached hydrogens (tertiary/aromatic N) is 1. The number of ether oxygens (including phenoxy) is 2. The number of para-hydroxylation sites is 1. The van der Waals surface area contributed by atoms with Crippen molar-refractivity contribution in [2.75, 3.05) is 39.5 Å². The van der Waals surface area contributed by atoms with Crippen LogP contribution >= 0.6 is 0 Å². The lowest BCUT2D eigenvalue weighted by molar-refractivity contribution is 0.0343. The van der Waals surface area contributed by atoms with E-state index >= 15 is 0 Å². The Morgan fingerprint density at radius 2 is 2.14 bits per heavy atom. The molecule has 1 fully saturated rings. The summed E-state index contributed by atoms with van der Waals surface area (Å²) in [6.45, 7) is 12.1. The van der Waals surface area contributed by atoms with Gasteiger partial charge in [-0.05, 0) is 13.0 Å². The summed E-state index contributed by atoms with van der Waals surface area (Å²) in [5.41, 5.74) is 1.19. The summed E-state index contributed by atoms with van der Waals surface area (Å²) < 4.78 is 11.1. The van der Waals surface area contributed by atoms with Crippen LogP contribution in [-0.2, 0) is 11.3 Å². The Morgan fingerprint density at radius 3 is 2.90 bits per heavy atom. The average Bonchev–Trinajstić information content (AvgIpc) is 2.52. The third-order valence-corrected chi connectivity index (χ3v) is 3.61. The molecule has 0 radical (unpaired) electrons. The zero-order valence-corrected chi connectivity index (χ0v) is 12.9. The number of hydrogen-bond donors (Lipinski definition) is 1.